The fourth-order valence-corrected chi connectivity index (χ4v) is 2.52. The van der Waals surface area contributed by atoms with Crippen LogP contribution in [0.4, 0.5) is 11.4 Å². The second kappa shape index (κ2) is 8.95. The van der Waals surface area contributed by atoms with Crippen LogP contribution in [-0.4, -0.2) is 11.0 Å². The lowest BCUT2D eigenvalue weighted by Gasteiger charge is -2.15. The number of hydrogen-bond donors (Lipinski definition) is 1. The molecule has 1 aromatic carbocycles. The molecule has 0 aromatic heterocycles. The smallest absolute Gasteiger partial charge is 0.293 e. The van der Waals surface area contributed by atoms with Gasteiger partial charge in [-0.25, -0.2) is 0 Å². The van der Waals surface area contributed by atoms with E-state index in [1.807, 2.05) is 6.07 Å². The zero-order valence-corrected chi connectivity index (χ0v) is 13.8. The topological polar surface area (TPSA) is 55.2 Å². The number of rotatable bonds is 9. The maximum Gasteiger partial charge on any atom is 0.293 e. The molecular weight excluding hydrogens is 320 g/mol. The van der Waals surface area contributed by atoms with Gasteiger partial charge in [0.2, 0.25) is 0 Å². The van der Waals surface area contributed by atoms with Crippen LogP contribution in [0.2, 0.25) is 0 Å². The molecule has 0 aliphatic heterocycles. The van der Waals surface area contributed by atoms with Gasteiger partial charge in [-0.3, -0.25) is 10.1 Å². The highest BCUT2D eigenvalue weighted by atomic mass is 79.9. The Balaban J connectivity index is 2.49. The Labute approximate surface area is 129 Å². The van der Waals surface area contributed by atoms with Crippen molar-refractivity contribution in [2.24, 2.45) is 0 Å². The van der Waals surface area contributed by atoms with Gasteiger partial charge in [0.15, 0.2) is 0 Å². The monoisotopic (exact) mass is 342 g/mol. The van der Waals surface area contributed by atoms with Crippen LogP contribution in [0.1, 0.15) is 52.4 Å². The van der Waals surface area contributed by atoms with Crippen LogP contribution in [0.5, 0.6) is 0 Å². The maximum atomic E-state index is 11.0. The van der Waals surface area contributed by atoms with Crippen LogP contribution in [-0.2, 0) is 0 Å². The van der Waals surface area contributed by atoms with Crippen LogP contribution in [0.15, 0.2) is 22.7 Å². The van der Waals surface area contributed by atoms with Gasteiger partial charge in [0.1, 0.15) is 5.69 Å². The maximum absolute atomic E-state index is 11.0. The van der Waals surface area contributed by atoms with Gasteiger partial charge < -0.3 is 5.32 Å². The van der Waals surface area contributed by atoms with E-state index in [4.69, 9.17) is 0 Å². The molecule has 0 saturated heterocycles. The van der Waals surface area contributed by atoms with Gasteiger partial charge in [-0.2, -0.15) is 0 Å². The summed E-state index contributed by atoms with van der Waals surface area (Å²) in [6.45, 7) is 4.28. The summed E-state index contributed by atoms with van der Waals surface area (Å²) in [6.07, 6.45) is 7.26. The molecule has 0 radical (unpaired) electrons. The summed E-state index contributed by atoms with van der Waals surface area (Å²) >= 11 is 3.26. The zero-order chi connectivity index (χ0) is 15.0. The Bertz CT molecular complexity index is 438. The summed E-state index contributed by atoms with van der Waals surface area (Å²) in [5.74, 6) is 0. The number of nitro groups is 1. The molecule has 0 aliphatic carbocycles. The molecule has 0 fully saturated rings. The lowest BCUT2D eigenvalue weighted by Crippen LogP contribution is -2.15. The lowest BCUT2D eigenvalue weighted by molar-refractivity contribution is -0.384. The number of halogens is 1. The minimum absolute atomic E-state index is 0.122. The van der Waals surface area contributed by atoms with E-state index in [0.717, 1.165) is 10.9 Å². The van der Waals surface area contributed by atoms with E-state index in [1.165, 1.54) is 38.2 Å². The van der Waals surface area contributed by atoms with Gasteiger partial charge in [-0.15, -0.1) is 0 Å². The summed E-state index contributed by atoms with van der Waals surface area (Å²) in [7, 11) is 0. The van der Waals surface area contributed by atoms with E-state index in [0.29, 0.717) is 5.69 Å². The second-order valence-corrected chi connectivity index (χ2v) is 6.08. The number of anilines is 1. The zero-order valence-electron chi connectivity index (χ0n) is 12.2. The number of benzene rings is 1. The first kappa shape index (κ1) is 17.0. The highest BCUT2D eigenvalue weighted by molar-refractivity contribution is 9.10. The largest absolute Gasteiger partial charge is 0.377 e. The SMILES string of the molecule is CCCCCCCC(C)Nc1ccc(Br)cc1[N+](=O)[O-]. The summed E-state index contributed by atoms with van der Waals surface area (Å²) in [5.41, 5.74) is 0.719. The molecule has 1 aromatic rings. The summed E-state index contributed by atoms with van der Waals surface area (Å²) < 4.78 is 0.724. The predicted octanol–water partition coefficient (Wildman–Crippen LogP) is 5.52. The summed E-state index contributed by atoms with van der Waals surface area (Å²) in [4.78, 5) is 10.7. The van der Waals surface area contributed by atoms with Crippen molar-refractivity contribution < 1.29 is 4.92 Å². The van der Waals surface area contributed by atoms with Gasteiger partial charge in [0.25, 0.3) is 5.69 Å². The fraction of sp³-hybridized carbons (Fsp3) is 0.600. The van der Waals surface area contributed by atoms with E-state index in [1.54, 1.807) is 6.07 Å². The van der Waals surface area contributed by atoms with Crippen LogP contribution in [0, 0.1) is 10.1 Å². The first-order valence-electron chi connectivity index (χ1n) is 7.25. The van der Waals surface area contributed by atoms with Gasteiger partial charge in [-0.05, 0) is 25.5 Å². The third-order valence-electron chi connectivity index (χ3n) is 3.30. The van der Waals surface area contributed by atoms with Gasteiger partial charge >= 0.3 is 0 Å². The average Bonchev–Trinajstić information content (AvgIpc) is 2.40. The molecule has 5 heteroatoms. The van der Waals surface area contributed by atoms with Crippen LogP contribution in [0.3, 0.4) is 0 Å². The molecule has 0 heterocycles. The van der Waals surface area contributed by atoms with Crippen molar-refractivity contribution in [2.45, 2.75) is 58.4 Å². The quantitative estimate of drug-likeness (QED) is 0.365. The Morgan fingerprint density at radius 3 is 2.65 bits per heavy atom. The van der Waals surface area contributed by atoms with Crippen LogP contribution < -0.4 is 5.32 Å². The molecule has 0 saturated carbocycles. The molecule has 1 atom stereocenters. The van der Waals surface area contributed by atoms with Crippen molar-refractivity contribution in [3.05, 3.63) is 32.8 Å². The Morgan fingerprint density at radius 2 is 2.00 bits per heavy atom. The van der Waals surface area contributed by atoms with E-state index < -0.39 is 0 Å². The number of hydrogen-bond acceptors (Lipinski definition) is 3. The normalized spacial score (nSPS) is 12.2. The highest BCUT2D eigenvalue weighted by Gasteiger charge is 2.15. The molecule has 1 N–H and O–H groups in total. The Morgan fingerprint density at radius 1 is 1.30 bits per heavy atom. The van der Waals surface area contributed by atoms with Gasteiger partial charge in [0, 0.05) is 16.6 Å². The molecule has 0 aliphatic rings. The molecule has 1 rings (SSSR count). The molecule has 112 valence electrons. The molecular formula is C15H23BrN2O2. The summed E-state index contributed by atoms with van der Waals surface area (Å²) in [5, 5.41) is 14.3. The van der Waals surface area contributed by atoms with Crippen molar-refractivity contribution in [3.8, 4) is 0 Å². The fourth-order valence-electron chi connectivity index (χ4n) is 2.17. The van der Waals surface area contributed by atoms with E-state index in [-0.39, 0.29) is 16.7 Å². The molecule has 1 unspecified atom stereocenters. The van der Waals surface area contributed by atoms with Crippen molar-refractivity contribution in [1.29, 1.82) is 0 Å². The minimum Gasteiger partial charge on any atom is -0.377 e. The molecule has 0 bridgehead atoms. The van der Waals surface area contributed by atoms with Crippen molar-refractivity contribution in [3.63, 3.8) is 0 Å². The summed E-state index contributed by atoms with van der Waals surface area (Å²) in [6, 6.07) is 5.37. The highest BCUT2D eigenvalue weighted by Crippen LogP contribution is 2.28. The third-order valence-corrected chi connectivity index (χ3v) is 3.79. The van der Waals surface area contributed by atoms with Gasteiger partial charge in [0.05, 0.1) is 4.92 Å². The van der Waals surface area contributed by atoms with Crippen LogP contribution in [0.25, 0.3) is 0 Å². The van der Waals surface area contributed by atoms with Gasteiger partial charge in [-0.1, -0.05) is 55.0 Å². The van der Waals surface area contributed by atoms with Crippen molar-refractivity contribution >= 4 is 27.3 Å². The predicted molar refractivity (Wildman–Crippen MR) is 87.3 cm³/mol. The van der Waals surface area contributed by atoms with Crippen molar-refractivity contribution in [2.75, 3.05) is 5.32 Å². The van der Waals surface area contributed by atoms with E-state index >= 15 is 0 Å². The number of nitrogens with one attached hydrogen (secondary N) is 1. The number of unbranched alkanes of at least 4 members (excludes halogenated alkanes) is 4. The van der Waals surface area contributed by atoms with E-state index in [2.05, 4.69) is 35.1 Å². The number of nitro benzene ring substituents is 1. The standard InChI is InChI=1S/C15H23BrN2O2/c1-3-4-5-6-7-8-12(2)17-14-10-9-13(16)11-15(14)18(19)20/h9-12,17H,3-8H2,1-2H3. The molecule has 20 heavy (non-hydrogen) atoms. The van der Waals surface area contributed by atoms with Crippen molar-refractivity contribution in [1.82, 2.24) is 0 Å². The Kier molecular flexibility index (Phi) is 7.59. The molecule has 0 amide bonds. The second-order valence-electron chi connectivity index (χ2n) is 5.17. The average molecular weight is 343 g/mol. The lowest BCUT2D eigenvalue weighted by atomic mass is 10.1. The van der Waals surface area contributed by atoms with E-state index in [9.17, 15) is 10.1 Å². The van der Waals surface area contributed by atoms with Crippen LogP contribution >= 0.6 is 15.9 Å². The third kappa shape index (κ3) is 5.90. The number of nitrogens with zero attached hydrogens (tertiary/aromatic N) is 1. The molecule has 0 spiro atoms. The first-order chi connectivity index (χ1) is 9.54. The molecule has 4 nitrogen and oxygen atoms in total. The Hall–Kier alpha value is -1.10. The minimum atomic E-state index is -0.346. The first-order valence-corrected chi connectivity index (χ1v) is 8.04.